The monoisotopic (exact) mass is 381 g/mol. The molecule has 1 N–H and O–H groups in total. The number of rotatable bonds is 8. The highest BCUT2D eigenvalue weighted by Gasteiger charge is 2.45. The quantitative estimate of drug-likeness (QED) is 0.557. The highest BCUT2D eigenvalue weighted by Crippen LogP contribution is 2.37. The van der Waals surface area contributed by atoms with E-state index in [1.807, 2.05) is 43.3 Å². The van der Waals surface area contributed by atoms with Crippen LogP contribution in [-0.2, 0) is 14.3 Å². The van der Waals surface area contributed by atoms with Crippen LogP contribution in [0.25, 0.3) is 0 Å². The fourth-order valence-electron chi connectivity index (χ4n) is 3.71. The molecule has 0 bridgehead atoms. The third-order valence-corrected chi connectivity index (χ3v) is 5.42. The molecule has 2 aromatic carbocycles. The van der Waals surface area contributed by atoms with E-state index < -0.39 is 17.9 Å². The van der Waals surface area contributed by atoms with Crippen molar-refractivity contribution in [2.75, 3.05) is 13.1 Å². The van der Waals surface area contributed by atoms with Gasteiger partial charge in [0.15, 0.2) is 5.92 Å². The third-order valence-electron chi connectivity index (χ3n) is 5.42. The lowest BCUT2D eigenvalue weighted by Crippen LogP contribution is -2.55. The van der Waals surface area contributed by atoms with Crippen molar-refractivity contribution in [3.63, 3.8) is 0 Å². The van der Waals surface area contributed by atoms with Crippen molar-refractivity contribution < 1.29 is 19.4 Å². The van der Waals surface area contributed by atoms with Crippen molar-refractivity contribution in [3.8, 4) is 0 Å². The number of esters is 1. The summed E-state index contributed by atoms with van der Waals surface area (Å²) in [6.45, 7) is 4.77. The Kier molecular flexibility index (Phi) is 6.47. The van der Waals surface area contributed by atoms with Gasteiger partial charge in [-0.1, -0.05) is 67.6 Å². The van der Waals surface area contributed by atoms with E-state index in [1.54, 1.807) is 6.92 Å². The van der Waals surface area contributed by atoms with Crippen LogP contribution in [-0.4, -0.2) is 41.1 Å². The Morgan fingerprint density at radius 2 is 1.54 bits per heavy atom. The number of nitrogens with zero attached hydrogens (tertiary/aromatic N) is 1. The molecule has 2 unspecified atom stereocenters. The van der Waals surface area contributed by atoms with Crippen LogP contribution in [0.3, 0.4) is 0 Å². The average Bonchev–Trinajstić information content (AvgIpc) is 2.67. The number of ether oxygens (including phenoxy) is 1. The van der Waals surface area contributed by atoms with E-state index >= 15 is 0 Å². The number of benzene rings is 2. The fourth-order valence-corrected chi connectivity index (χ4v) is 3.71. The molecule has 1 aliphatic rings. The van der Waals surface area contributed by atoms with Gasteiger partial charge in [0.1, 0.15) is 0 Å². The number of carboxylic acid groups (broad SMARTS) is 1. The van der Waals surface area contributed by atoms with Crippen molar-refractivity contribution >= 4 is 11.9 Å². The van der Waals surface area contributed by atoms with Crippen LogP contribution in [0, 0.1) is 11.8 Å². The molecule has 0 aliphatic carbocycles. The lowest BCUT2D eigenvalue weighted by molar-refractivity contribution is -0.168. The summed E-state index contributed by atoms with van der Waals surface area (Å²) < 4.78 is 5.31. The minimum absolute atomic E-state index is 0.0404. The molecule has 3 rings (SSSR count). The van der Waals surface area contributed by atoms with Gasteiger partial charge in [0, 0.05) is 19.0 Å². The summed E-state index contributed by atoms with van der Waals surface area (Å²) in [5.74, 6) is -3.09. The molecule has 0 amide bonds. The number of carbonyl (C=O) groups is 2. The SMILES string of the molecule is CCC(C)OC(=O)C(C(=O)O)C1CN(C(c2ccccc2)c2ccccc2)C1. The first kappa shape index (κ1) is 20.1. The molecule has 2 atom stereocenters. The zero-order valence-electron chi connectivity index (χ0n) is 16.3. The van der Waals surface area contributed by atoms with Gasteiger partial charge in [0.25, 0.3) is 0 Å². The third kappa shape index (κ3) is 4.42. The Balaban J connectivity index is 1.76. The number of carboxylic acids is 1. The molecule has 1 fully saturated rings. The molecular weight excluding hydrogens is 354 g/mol. The summed E-state index contributed by atoms with van der Waals surface area (Å²) in [5.41, 5.74) is 2.31. The summed E-state index contributed by atoms with van der Waals surface area (Å²) in [6.07, 6.45) is 0.394. The predicted molar refractivity (Wildman–Crippen MR) is 107 cm³/mol. The van der Waals surface area contributed by atoms with Gasteiger partial charge < -0.3 is 9.84 Å². The Morgan fingerprint density at radius 3 is 1.96 bits per heavy atom. The van der Waals surface area contributed by atoms with E-state index in [4.69, 9.17) is 4.74 Å². The zero-order valence-corrected chi connectivity index (χ0v) is 16.3. The molecule has 2 aromatic rings. The molecule has 1 heterocycles. The van der Waals surface area contributed by atoms with E-state index in [-0.39, 0.29) is 18.1 Å². The second-order valence-corrected chi connectivity index (χ2v) is 7.41. The largest absolute Gasteiger partial charge is 0.481 e. The normalized spacial score (nSPS) is 17.0. The second kappa shape index (κ2) is 9.02. The van der Waals surface area contributed by atoms with Crippen molar-refractivity contribution in [2.24, 2.45) is 11.8 Å². The van der Waals surface area contributed by atoms with Crippen molar-refractivity contribution in [1.29, 1.82) is 0 Å². The fraction of sp³-hybridized carbons (Fsp3) is 0.391. The molecule has 0 aromatic heterocycles. The molecule has 1 saturated heterocycles. The maximum absolute atomic E-state index is 12.4. The van der Waals surface area contributed by atoms with Gasteiger partial charge >= 0.3 is 11.9 Å². The van der Waals surface area contributed by atoms with Gasteiger partial charge in [-0.2, -0.15) is 0 Å². The van der Waals surface area contributed by atoms with Gasteiger partial charge in [0.2, 0.25) is 0 Å². The van der Waals surface area contributed by atoms with Crippen LogP contribution in [0.15, 0.2) is 60.7 Å². The standard InChI is InChI=1S/C23H27NO4/c1-3-16(2)28-23(27)20(22(25)26)19-14-24(15-19)21(17-10-6-4-7-11-17)18-12-8-5-9-13-18/h4-13,16,19-21H,3,14-15H2,1-2H3,(H,25,26). The Labute approximate surface area is 165 Å². The number of aliphatic carboxylic acids is 1. The highest BCUT2D eigenvalue weighted by atomic mass is 16.5. The number of hydrogen-bond acceptors (Lipinski definition) is 4. The first-order valence-corrected chi connectivity index (χ1v) is 9.78. The molecule has 0 spiro atoms. The van der Waals surface area contributed by atoms with Crippen LogP contribution in [0.5, 0.6) is 0 Å². The van der Waals surface area contributed by atoms with Crippen LogP contribution >= 0.6 is 0 Å². The first-order chi connectivity index (χ1) is 13.5. The summed E-state index contributed by atoms with van der Waals surface area (Å²) in [6, 6.07) is 20.3. The lowest BCUT2D eigenvalue weighted by atomic mass is 9.82. The molecule has 148 valence electrons. The Morgan fingerprint density at radius 1 is 1.04 bits per heavy atom. The summed E-state index contributed by atoms with van der Waals surface area (Å²) in [7, 11) is 0. The van der Waals surface area contributed by atoms with Crippen LogP contribution in [0.1, 0.15) is 37.4 Å². The van der Waals surface area contributed by atoms with Gasteiger partial charge in [-0.25, -0.2) is 0 Å². The number of hydrogen-bond donors (Lipinski definition) is 1. The van der Waals surface area contributed by atoms with Crippen molar-refractivity contribution in [2.45, 2.75) is 32.4 Å². The van der Waals surface area contributed by atoms with Crippen molar-refractivity contribution in [1.82, 2.24) is 4.90 Å². The molecular formula is C23H27NO4. The molecule has 5 nitrogen and oxygen atoms in total. The number of likely N-dealkylation sites (tertiary alicyclic amines) is 1. The van der Waals surface area contributed by atoms with Gasteiger partial charge in [0.05, 0.1) is 12.1 Å². The van der Waals surface area contributed by atoms with E-state index in [2.05, 4.69) is 29.2 Å². The zero-order chi connectivity index (χ0) is 20.1. The second-order valence-electron chi connectivity index (χ2n) is 7.41. The average molecular weight is 381 g/mol. The molecule has 1 aliphatic heterocycles. The predicted octanol–water partition coefficient (Wildman–Crippen LogP) is 3.75. The maximum Gasteiger partial charge on any atom is 0.320 e. The smallest absolute Gasteiger partial charge is 0.320 e. The van der Waals surface area contributed by atoms with Gasteiger partial charge in [-0.05, 0) is 24.5 Å². The number of carbonyl (C=O) groups excluding carboxylic acids is 1. The van der Waals surface area contributed by atoms with Crippen LogP contribution in [0.4, 0.5) is 0 Å². The van der Waals surface area contributed by atoms with Gasteiger partial charge in [-0.15, -0.1) is 0 Å². The van der Waals surface area contributed by atoms with E-state index in [9.17, 15) is 14.7 Å². The molecule has 0 saturated carbocycles. The first-order valence-electron chi connectivity index (χ1n) is 9.78. The molecule has 0 radical (unpaired) electrons. The lowest BCUT2D eigenvalue weighted by Gasteiger charge is -2.46. The Hall–Kier alpha value is -2.66. The Bertz CT molecular complexity index is 747. The maximum atomic E-state index is 12.4. The van der Waals surface area contributed by atoms with Crippen LogP contribution in [0.2, 0.25) is 0 Å². The van der Waals surface area contributed by atoms with Gasteiger partial charge in [-0.3, -0.25) is 14.5 Å². The molecule has 28 heavy (non-hydrogen) atoms. The van der Waals surface area contributed by atoms with E-state index in [0.717, 1.165) is 11.1 Å². The topological polar surface area (TPSA) is 66.8 Å². The summed E-state index contributed by atoms with van der Waals surface area (Å²) in [5, 5.41) is 9.60. The van der Waals surface area contributed by atoms with E-state index in [0.29, 0.717) is 19.5 Å². The van der Waals surface area contributed by atoms with Crippen LogP contribution < -0.4 is 0 Å². The van der Waals surface area contributed by atoms with E-state index in [1.165, 1.54) is 0 Å². The van der Waals surface area contributed by atoms with Crippen molar-refractivity contribution in [3.05, 3.63) is 71.8 Å². The summed E-state index contributed by atoms with van der Waals surface area (Å²) >= 11 is 0. The minimum atomic E-state index is -1.11. The minimum Gasteiger partial charge on any atom is -0.481 e. The molecule has 5 heteroatoms. The summed E-state index contributed by atoms with van der Waals surface area (Å²) in [4.78, 5) is 26.3. The highest BCUT2D eigenvalue weighted by molar-refractivity contribution is 5.94.